The number of nitrogens with one attached hydrogen (secondary N) is 1. The molecule has 2 aromatic carbocycles. The average Bonchev–Trinajstić information content (AvgIpc) is 3.22. The number of esters is 1. The van der Waals surface area contributed by atoms with Crippen molar-refractivity contribution in [1.82, 2.24) is 0 Å². The molecule has 5 heteroatoms. The van der Waals surface area contributed by atoms with Crippen LogP contribution in [0.25, 0.3) is 0 Å². The number of fused-ring (bicyclic) bond motifs is 1. The lowest BCUT2D eigenvalue weighted by Gasteiger charge is -2.36. The zero-order valence-electron chi connectivity index (χ0n) is 20.4. The van der Waals surface area contributed by atoms with Gasteiger partial charge in [0.25, 0.3) is 0 Å². The molecule has 1 amide bonds. The lowest BCUT2D eigenvalue weighted by molar-refractivity contribution is -0.116. The zero-order chi connectivity index (χ0) is 24.3. The van der Waals surface area contributed by atoms with E-state index in [-0.39, 0.29) is 17.3 Å². The molecule has 4 nitrogen and oxygen atoms in total. The van der Waals surface area contributed by atoms with E-state index in [1.165, 1.54) is 23.3 Å². The van der Waals surface area contributed by atoms with Gasteiger partial charge in [0.1, 0.15) is 5.00 Å². The number of carbonyl (C=O) groups is 2. The number of methoxy groups -OCH3 is 1. The fourth-order valence-corrected chi connectivity index (χ4v) is 6.24. The van der Waals surface area contributed by atoms with Gasteiger partial charge in [-0.1, -0.05) is 87.9 Å². The standard InChI is InChI=1S/C29H33NO3S/c1-5-29(2,3)21-16-17-22-23(18-21)34-27(25(22)28(32)33-4)30-26(31)24(19-12-8-6-9-13-19)20-14-10-7-11-15-20/h6-15,21,24H,5,16-18H2,1-4H3,(H,30,31). The van der Waals surface area contributed by atoms with Crippen LogP contribution in [0.4, 0.5) is 5.00 Å². The third-order valence-electron chi connectivity index (χ3n) is 7.44. The van der Waals surface area contributed by atoms with Crippen LogP contribution in [0, 0.1) is 11.3 Å². The normalized spacial score (nSPS) is 15.6. The van der Waals surface area contributed by atoms with Gasteiger partial charge in [-0.2, -0.15) is 0 Å². The minimum absolute atomic E-state index is 0.147. The van der Waals surface area contributed by atoms with Crippen molar-refractivity contribution in [2.75, 3.05) is 12.4 Å². The lowest BCUT2D eigenvalue weighted by atomic mass is 9.69. The number of hydrogen-bond acceptors (Lipinski definition) is 4. The molecule has 0 saturated heterocycles. The van der Waals surface area contributed by atoms with E-state index in [0.29, 0.717) is 16.5 Å². The first kappa shape index (κ1) is 24.2. The largest absolute Gasteiger partial charge is 0.465 e. The Morgan fingerprint density at radius 2 is 1.65 bits per heavy atom. The summed E-state index contributed by atoms with van der Waals surface area (Å²) in [6.07, 6.45) is 3.92. The van der Waals surface area contributed by atoms with Gasteiger partial charge in [0, 0.05) is 4.88 Å². The molecule has 0 bridgehead atoms. The van der Waals surface area contributed by atoms with Crippen molar-refractivity contribution in [3.8, 4) is 0 Å². The predicted molar refractivity (Wildman–Crippen MR) is 139 cm³/mol. The summed E-state index contributed by atoms with van der Waals surface area (Å²) >= 11 is 1.54. The fourth-order valence-electron chi connectivity index (χ4n) is 4.92. The molecular formula is C29H33NO3S. The van der Waals surface area contributed by atoms with Gasteiger partial charge < -0.3 is 10.1 Å². The summed E-state index contributed by atoms with van der Waals surface area (Å²) in [4.78, 5) is 27.7. The van der Waals surface area contributed by atoms with Gasteiger partial charge in [0.05, 0.1) is 18.6 Å². The van der Waals surface area contributed by atoms with E-state index in [9.17, 15) is 9.59 Å². The molecule has 0 aliphatic heterocycles. The van der Waals surface area contributed by atoms with Gasteiger partial charge in [-0.25, -0.2) is 4.79 Å². The molecule has 1 unspecified atom stereocenters. The van der Waals surface area contributed by atoms with Crippen molar-refractivity contribution in [3.63, 3.8) is 0 Å². The van der Waals surface area contributed by atoms with Crippen LogP contribution in [0.15, 0.2) is 60.7 Å². The van der Waals surface area contributed by atoms with Crippen LogP contribution < -0.4 is 5.32 Å². The molecule has 1 aromatic heterocycles. The summed E-state index contributed by atoms with van der Waals surface area (Å²) in [7, 11) is 1.40. The number of hydrogen-bond donors (Lipinski definition) is 1. The molecule has 0 radical (unpaired) electrons. The quantitative estimate of drug-likeness (QED) is 0.380. The molecule has 0 saturated carbocycles. The summed E-state index contributed by atoms with van der Waals surface area (Å²) in [6.45, 7) is 6.89. The van der Waals surface area contributed by atoms with Crippen LogP contribution >= 0.6 is 11.3 Å². The summed E-state index contributed by atoms with van der Waals surface area (Å²) in [5, 5.41) is 3.73. The molecule has 0 fully saturated rings. The Balaban J connectivity index is 1.70. The van der Waals surface area contributed by atoms with E-state index < -0.39 is 5.92 Å². The highest BCUT2D eigenvalue weighted by molar-refractivity contribution is 7.17. The Bertz CT molecular complexity index is 1110. The summed E-state index contributed by atoms with van der Waals surface area (Å²) in [5.74, 6) is -0.443. The van der Waals surface area contributed by atoms with E-state index in [2.05, 4.69) is 26.1 Å². The van der Waals surface area contributed by atoms with Crippen LogP contribution in [0.5, 0.6) is 0 Å². The van der Waals surface area contributed by atoms with Crippen molar-refractivity contribution >= 4 is 28.2 Å². The second kappa shape index (κ2) is 10.1. The Morgan fingerprint density at radius 1 is 1.06 bits per heavy atom. The van der Waals surface area contributed by atoms with E-state index >= 15 is 0 Å². The lowest BCUT2D eigenvalue weighted by Crippen LogP contribution is -2.28. The molecule has 1 heterocycles. The number of amides is 1. The van der Waals surface area contributed by atoms with Crippen molar-refractivity contribution in [2.45, 2.75) is 52.4 Å². The topological polar surface area (TPSA) is 55.4 Å². The van der Waals surface area contributed by atoms with Gasteiger partial charge >= 0.3 is 5.97 Å². The molecule has 0 spiro atoms. The van der Waals surface area contributed by atoms with Crippen molar-refractivity contribution in [3.05, 3.63) is 87.8 Å². The highest BCUT2D eigenvalue weighted by Crippen LogP contribution is 2.46. The van der Waals surface area contributed by atoms with Gasteiger partial charge in [-0.3, -0.25) is 4.79 Å². The van der Waals surface area contributed by atoms with E-state index in [0.717, 1.165) is 42.4 Å². The Hall–Kier alpha value is -2.92. The molecule has 1 atom stereocenters. The first-order valence-electron chi connectivity index (χ1n) is 12.0. The van der Waals surface area contributed by atoms with Crippen LogP contribution in [-0.2, 0) is 22.4 Å². The summed E-state index contributed by atoms with van der Waals surface area (Å²) in [5.41, 5.74) is 3.64. The Kier molecular flexibility index (Phi) is 7.22. The number of benzene rings is 2. The SMILES string of the molecule is CCC(C)(C)C1CCc2c(sc(NC(=O)C(c3ccccc3)c3ccccc3)c2C(=O)OC)C1. The van der Waals surface area contributed by atoms with Gasteiger partial charge in [-0.05, 0) is 47.3 Å². The summed E-state index contributed by atoms with van der Waals surface area (Å²) < 4.78 is 5.14. The van der Waals surface area contributed by atoms with Crippen LogP contribution in [0.2, 0.25) is 0 Å². The average molecular weight is 476 g/mol. The monoisotopic (exact) mass is 475 g/mol. The second-order valence-corrected chi connectivity index (χ2v) is 10.8. The summed E-state index contributed by atoms with van der Waals surface area (Å²) in [6, 6.07) is 19.5. The highest BCUT2D eigenvalue weighted by Gasteiger charge is 2.36. The zero-order valence-corrected chi connectivity index (χ0v) is 21.2. The van der Waals surface area contributed by atoms with Crippen molar-refractivity contribution in [2.24, 2.45) is 11.3 Å². The van der Waals surface area contributed by atoms with Gasteiger partial charge in [-0.15, -0.1) is 11.3 Å². The number of ether oxygens (including phenoxy) is 1. The fraction of sp³-hybridized carbons (Fsp3) is 0.379. The second-order valence-electron chi connectivity index (χ2n) is 9.72. The van der Waals surface area contributed by atoms with Gasteiger partial charge in [0.2, 0.25) is 5.91 Å². The molecule has 34 heavy (non-hydrogen) atoms. The Morgan fingerprint density at radius 3 is 2.18 bits per heavy atom. The number of thiophene rings is 1. The van der Waals surface area contributed by atoms with E-state index in [1.807, 2.05) is 60.7 Å². The van der Waals surface area contributed by atoms with Crippen LogP contribution in [-0.4, -0.2) is 19.0 Å². The third kappa shape index (κ3) is 4.80. The van der Waals surface area contributed by atoms with Crippen molar-refractivity contribution < 1.29 is 14.3 Å². The van der Waals surface area contributed by atoms with Crippen LogP contribution in [0.1, 0.15) is 71.5 Å². The molecule has 178 valence electrons. The smallest absolute Gasteiger partial charge is 0.341 e. The molecule has 4 rings (SSSR count). The number of rotatable bonds is 7. The molecule has 1 aliphatic carbocycles. The minimum Gasteiger partial charge on any atom is -0.465 e. The number of anilines is 1. The maximum atomic E-state index is 13.7. The minimum atomic E-state index is -0.473. The number of carbonyl (C=O) groups excluding carboxylic acids is 2. The molecular weight excluding hydrogens is 442 g/mol. The molecule has 3 aromatic rings. The van der Waals surface area contributed by atoms with Crippen LogP contribution in [0.3, 0.4) is 0 Å². The Labute approximate surface area is 206 Å². The first-order valence-corrected chi connectivity index (χ1v) is 12.8. The first-order chi connectivity index (χ1) is 16.4. The van der Waals surface area contributed by atoms with Gasteiger partial charge in [0.15, 0.2) is 0 Å². The highest BCUT2D eigenvalue weighted by atomic mass is 32.1. The third-order valence-corrected chi connectivity index (χ3v) is 8.61. The predicted octanol–water partition coefficient (Wildman–Crippen LogP) is 6.85. The maximum Gasteiger partial charge on any atom is 0.341 e. The molecule has 1 N–H and O–H groups in total. The van der Waals surface area contributed by atoms with E-state index in [1.54, 1.807) is 0 Å². The molecule has 1 aliphatic rings. The van der Waals surface area contributed by atoms with Crippen molar-refractivity contribution in [1.29, 1.82) is 0 Å². The maximum absolute atomic E-state index is 13.7. The van der Waals surface area contributed by atoms with E-state index in [4.69, 9.17) is 4.74 Å².